The smallest absolute Gasteiger partial charge is 0.194 e. The molecule has 58 valence electrons. The zero-order chi connectivity index (χ0) is 8.01. The van der Waals surface area contributed by atoms with Crippen LogP contribution in [0, 0.1) is 20.8 Å². The summed E-state index contributed by atoms with van der Waals surface area (Å²) >= 11 is 1.70. The van der Waals surface area contributed by atoms with Crippen LogP contribution < -0.4 is 0 Å². The normalized spacial score (nSPS) is 11.2. The van der Waals surface area contributed by atoms with Crippen LogP contribution in [0.5, 0.6) is 0 Å². The van der Waals surface area contributed by atoms with Gasteiger partial charge in [0.15, 0.2) is 4.96 Å². The lowest BCUT2D eigenvalue weighted by Crippen LogP contribution is -1.86. The summed E-state index contributed by atoms with van der Waals surface area (Å²) in [5, 5.41) is 2.13. The van der Waals surface area contributed by atoms with Crippen LogP contribution in [-0.4, -0.2) is 9.38 Å². The Morgan fingerprint density at radius 1 is 1.36 bits per heavy atom. The third-order valence-electron chi connectivity index (χ3n) is 2.00. The summed E-state index contributed by atoms with van der Waals surface area (Å²) in [4.78, 5) is 5.52. The van der Waals surface area contributed by atoms with Crippen molar-refractivity contribution in [2.75, 3.05) is 0 Å². The molecule has 0 saturated heterocycles. The number of aromatic nitrogens is 2. The van der Waals surface area contributed by atoms with Crippen molar-refractivity contribution >= 4 is 16.3 Å². The molecule has 0 atom stereocenters. The van der Waals surface area contributed by atoms with Crippen molar-refractivity contribution in [3.05, 3.63) is 22.5 Å². The zero-order valence-electron chi connectivity index (χ0n) is 6.88. The molecular formula is C8H10N2S. The Kier molecular flexibility index (Phi) is 1.29. The van der Waals surface area contributed by atoms with Crippen LogP contribution >= 0.6 is 11.3 Å². The van der Waals surface area contributed by atoms with Gasteiger partial charge in [-0.3, -0.25) is 4.40 Å². The molecule has 0 radical (unpaired) electrons. The van der Waals surface area contributed by atoms with Crippen molar-refractivity contribution in [3.8, 4) is 0 Å². The van der Waals surface area contributed by atoms with Gasteiger partial charge < -0.3 is 0 Å². The van der Waals surface area contributed by atoms with Gasteiger partial charge in [-0.25, -0.2) is 4.98 Å². The number of imidazole rings is 1. The van der Waals surface area contributed by atoms with Gasteiger partial charge in [0.05, 0.1) is 5.69 Å². The SMILES string of the molecule is Cc1nc2scc(C)n2c1C. The average molecular weight is 166 g/mol. The predicted molar refractivity (Wildman–Crippen MR) is 47.3 cm³/mol. The molecule has 2 aromatic heterocycles. The first-order valence-corrected chi connectivity index (χ1v) is 4.48. The number of rotatable bonds is 0. The molecule has 0 aliphatic rings. The minimum atomic E-state index is 1.11. The Bertz CT molecular complexity index is 397. The number of nitrogens with zero attached hydrogens (tertiary/aromatic N) is 2. The van der Waals surface area contributed by atoms with Crippen LogP contribution in [0.1, 0.15) is 17.1 Å². The Labute approximate surface area is 69.5 Å². The molecule has 0 aliphatic heterocycles. The van der Waals surface area contributed by atoms with Crippen LogP contribution in [-0.2, 0) is 0 Å². The lowest BCUT2D eigenvalue weighted by molar-refractivity contribution is 1.05. The maximum atomic E-state index is 4.42. The van der Waals surface area contributed by atoms with Crippen molar-refractivity contribution in [1.82, 2.24) is 9.38 Å². The quantitative estimate of drug-likeness (QED) is 0.587. The van der Waals surface area contributed by atoms with E-state index in [1.165, 1.54) is 11.4 Å². The molecule has 0 fully saturated rings. The summed E-state index contributed by atoms with van der Waals surface area (Å²) in [7, 11) is 0. The molecule has 0 spiro atoms. The first kappa shape index (κ1) is 6.85. The zero-order valence-corrected chi connectivity index (χ0v) is 7.70. The molecule has 0 aliphatic carbocycles. The molecule has 2 rings (SSSR count). The van der Waals surface area contributed by atoms with E-state index in [2.05, 4.69) is 35.5 Å². The second kappa shape index (κ2) is 2.08. The van der Waals surface area contributed by atoms with Crippen LogP contribution in [0.15, 0.2) is 5.38 Å². The van der Waals surface area contributed by atoms with Gasteiger partial charge in [-0.15, -0.1) is 11.3 Å². The fourth-order valence-corrected chi connectivity index (χ4v) is 2.22. The minimum absolute atomic E-state index is 1.11. The van der Waals surface area contributed by atoms with E-state index in [0.29, 0.717) is 0 Å². The van der Waals surface area contributed by atoms with Gasteiger partial charge in [-0.05, 0) is 20.8 Å². The molecule has 0 bridgehead atoms. The van der Waals surface area contributed by atoms with Gasteiger partial charge in [0, 0.05) is 16.8 Å². The van der Waals surface area contributed by atoms with E-state index in [9.17, 15) is 0 Å². The van der Waals surface area contributed by atoms with Crippen molar-refractivity contribution in [3.63, 3.8) is 0 Å². The van der Waals surface area contributed by atoms with Gasteiger partial charge in [-0.1, -0.05) is 0 Å². The average Bonchev–Trinajstić information content (AvgIpc) is 2.41. The van der Waals surface area contributed by atoms with Gasteiger partial charge in [-0.2, -0.15) is 0 Å². The molecular weight excluding hydrogens is 156 g/mol. The fourth-order valence-electron chi connectivity index (χ4n) is 1.26. The molecule has 0 amide bonds. The van der Waals surface area contributed by atoms with Crippen LogP contribution in [0.4, 0.5) is 0 Å². The van der Waals surface area contributed by atoms with E-state index in [-0.39, 0.29) is 0 Å². The van der Waals surface area contributed by atoms with Gasteiger partial charge in [0.2, 0.25) is 0 Å². The number of fused-ring (bicyclic) bond motifs is 1. The van der Waals surface area contributed by atoms with E-state index in [0.717, 1.165) is 10.7 Å². The number of thiazole rings is 1. The van der Waals surface area contributed by atoms with Crippen LogP contribution in [0.3, 0.4) is 0 Å². The standard InChI is InChI=1S/C8H10N2S/c1-5-4-11-8-9-6(2)7(3)10(5)8/h4H,1-3H3. The molecule has 2 nitrogen and oxygen atoms in total. The number of hydrogen-bond acceptors (Lipinski definition) is 2. The molecule has 11 heavy (non-hydrogen) atoms. The van der Waals surface area contributed by atoms with E-state index < -0.39 is 0 Å². The van der Waals surface area contributed by atoms with E-state index in [4.69, 9.17) is 0 Å². The highest BCUT2D eigenvalue weighted by Gasteiger charge is 2.06. The summed E-state index contributed by atoms with van der Waals surface area (Å²) in [6.07, 6.45) is 0. The maximum Gasteiger partial charge on any atom is 0.194 e. The Morgan fingerprint density at radius 2 is 2.09 bits per heavy atom. The van der Waals surface area contributed by atoms with Gasteiger partial charge >= 0.3 is 0 Å². The molecule has 0 aromatic carbocycles. The van der Waals surface area contributed by atoms with Crippen molar-refractivity contribution in [1.29, 1.82) is 0 Å². The molecule has 0 saturated carbocycles. The van der Waals surface area contributed by atoms with Crippen molar-refractivity contribution < 1.29 is 0 Å². The van der Waals surface area contributed by atoms with Crippen molar-refractivity contribution in [2.45, 2.75) is 20.8 Å². The monoisotopic (exact) mass is 166 g/mol. The van der Waals surface area contributed by atoms with E-state index >= 15 is 0 Å². The minimum Gasteiger partial charge on any atom is -0.292 e. The summed E-state index contributed by atoms with van der Waals surface area (Å²) in [6, 6.07) is 0. The summed E-state index contributed by atoms with van der Waals surface area (Å²) in [5.74, 6) is 0. The third-order valence-corrected chi connectivity index (χ3v) is 2.94. The Morgan fingerprint density at radius 3 is 2.73 bits per heavy atom. The van der Waals surface area contributed by atoms with Gasteiger partial charge in [0.1, 0.15) is 0 Å². The lowest BCUT2D eigenvalue weighted by Gasteiger charge is -1.92. The second-order valence-electron chi connectivity index (χ2n) is 2.78. The Hall–Kier alpha value is -0.830. The fraction of sp³-hybridized carbons (Fsp3) is 0.375. The van der Waals surface area contributed by atoms with Crippen molar-refractivity contribution in [2.24, 2.45) is 0 Å². The molecule has 2 heterocycles. The lowest BCUT2D eigenvalue weighted by atomic mass is 10.4. The summed E-state index contributed by atoms with van der Waals surface area (Å²) < 4.78 is 2.19. The molecule has 3 heteroatoms. The largest absolute Gasteiger partial charge is 0.292 e. The topological polar surface area (TPSA) is 17.3 Å². The first-order chi connectivity index (χ1) is 5.20. The summed E-state index contributed by atoms with van der Waals surface area (Å²) in [6.45, 7) is 6.27. The first-order valence-electron chi connectivity index (χ1n) is 3.60. The molecule has 0 unspecified atom stereocenters. The van der Waals surface area contributed by atoms with E-state index in [1.807, 2.05) is 0 Å². The van der Waals surface area contributed by atoms with Crippen LogP contribution in [0.25, 0.3) is 4.96 Å². The number of hydrogen-bond donors (Lipinski definition) is 0. The molecule has 2 aromatic rings. The molecule has 0 N–H and O–H groups in total. The van der Waals surface area contributed by atoms with Crippen LogP contribution in [0.2, 0.25) is 0 Å². The highest BCUT2D eigenvalue weighted by Crippen LogP contribution is 2.18. The highest BCUT2D eigenvalue weighted by molar-refractivity contribution is 7.15. The predicted octanol–water partition coefficient (Wildman–Crippen LogP) is 2.32. The number of aryl methyl sites for hydroxylation is 3. The second-order valence-corrected chi connectivity index (χ2v) is 3.61. The maximum absolute atomic E-state index is 4.42. The van der Waals surface area contributed by atoms with E-state index in [1.54, 1.807) is 11.3 Å². The van der Waals surface area contributed by atoms with Gasteiger partial charge in [0.25, 0.3) is 0 Å². The highest BCUT2D eigenvalue weighted by atomic mass is 32.1. The Balaban J connectivity index is 2.95. The summed E-state index contributed by atoms with van der Waals surface area (Å²) in [5.41, 5.74) is 3.68. The third kappa shape index (κ3) is 0.807.